The number of hydrogen-bond donors (Lipinski definition) is 3. The monoisotopic (exact) mass is 313 g/mol. The van der Waals surface area contributed by atoms with E-state index in [1.165, 1.54) is 0 Å². The lowest BCUT2D eigenvalue weighted by Crippen LogP contribution is -2.41. The molecule has 4 N–H and O–H groups in total. The van der Waals surface area contributed by atoms with Gasteiger partial charge in [-0.1, -0.05) is 13.8 Å². The molecule has 0 fully saturated rings. The highest BCUT2D eigenvalue weighted by molar-refractivity contribution is 7.92. The third kappa shape index (κ3) is 4.71. The Bertz CT molecular complexity index is 570. The summed E-state index contributed by atoms with van der Waals surface area (Å²) < 4.78 is 24.6. The van der Waals surface area contributed by atoms with Crippen molar-refractivity contribution in [3.63, 3.8) is 0 Å². The lowest BCUT2D eigenvalue weighted by atomic mass is 9.81. The molecule has 0 aliphatic heterocycles. The quantitative estimate of drug-likeness (QED) is 0.714. The molecule has 1 rings (SSSR count). The molecule has 0 atom stereocenters. The smallest absolute Gasteiger partial charge is 0.231 e. The minimum absolute atomic E-state index is 0.112. The Morgan fingerprint density at radius 2 is 1.62 bits per heavy atom. The lowest BCUT2D eigenvalue weighted by Gasteiger charge is -2.28. The molecule has 0 bridgehead atoms. The molecule has 0 radical (unpaired) electrons. The van der Waals surface area contributed by atoms with Crippen LogP contribution >= 0.6 is 0 Å². The number of amides is 1. The van der Waals surface area contributed by atoms with Gasteiger partial charge in [0.1, 0.15) is 0 Å². The van der Waals surface area contributed by atoms with Crippen LogP contribution in [-0.4, -0.2) is 27.1 Å². The molecule has 7 heteroatoms. The average Bonchev–Trinajstić information content (AvgIpc) is 2.42. The maximum absolute atomic E-state index is 12.3. The number of nitrogens with two attached hydrogens (primary N) is 1. The van der Waals surface area contributed by atoms with Gasteiger partial charge in [0, 0.05) is 17.9 Å². The molecule has 0 unspecified atom stereocenters. The minimum Gasteiger partial charge on any atom is -0.329 e. The Morgan fingerprint density at radius 1 is 1.14 bits per heavy atom. The highest BCUT2D eigenvalue weighted by Crippen LogP contribution is 2.27. The molecule has 0 spiro atoms. The fraction of sp³-hybridized carbons (Fsp3) is 0.500. The molecule has 0 aliphatic carbocycles. The van der Waals surface area contributed by atoms with Gasteiger partial charge in [-0.05, 0) is 37.1 Å². The first-order chi connectivity index (χ1) is 9.76. The molecule has 0 aromatic heterocycles. The molecule has 0 saturated heterocycles. The predicted octanol–water partition coefficient (Wildman–Crippen LogP) is 1.76. The first-order valence-corrected chi connectivity index (χ1v) is 8.75. The fourth-order valence-electron chi connectivity index (χ4n) is 2.05. The van der Waals surface area contributed by atoms with Gasteiger partial charge in [0.2, 0.25) is 15.9 Å². The van der Waals surface area contributed by atoms with Crippen molar-refractivity contribution in [1.29, 1.82) is 0 Å². The Morgan fingerprint density at radius 3 is 2.00 bits per heavy atom. The molecule has 118 valence electrons. The molecule has 0 aliphatic rings. The Labute approximate surface area is 126 Å². The summed E-state index contributed by atoms with van der Waals surface area (Å²) in [6, 6.07) is 6.49. The zero-order valence-corrected chi connectivity index (χ0v) is 13.5. The molecule has 1 amide bonds. The van der Waals surface area contributed by atoms with Crippen LogP contribution in [0.2, 0.25) is 0 Å². The third-order valence-corrected chi connectivity index (χ3v) is 4.28. The van der Waals surface area contributed by atoms with Crippen molar-refractivity contribution in [2.24, 2.45) is 11.1 Å². The zero-order valence-electron chi connectivity index (χ0n) is 12.6. The normalized spacial score (nSPS) is 12.0. The van der Waals surface area contributed by atoms with Crippen LogP contribution in [0.5, 0.6) is 0 Å². The molecular formula is C14H23N3O3S. The summed E-state index contributed by atoms with van der Waals surface area (Å²) in [4.78, 5) is 12.3. The molecule has 6 nitrogen and oxygen atoms in total. The van der Waals surface area contributed by atoms with Gasteiger partial charge in [-0.2, -0.15) is 0 Å². The second-order valence-electron chi connectivity index (χ2n) is 5.10. The Kier molecular flexibility index (Phi) is 5.74. The number of carbonyl (C=O) groups excluding carboxylic acids is 1. The van der Waals surface area contributed by atoms with E-state index in [0.717, 1.165) is 6.26 Å². The van der Waals surface area contributed by atoms with Gasteiger partial charge in [0.25, 0.3) is 0 Å². The van der Waals surface area contributed by atoms with Gasteiger partial charge in [0.05, 0.1) is 11.7 Å². The second kappa shape index (κ2) is 6.91. The van der Waals surface area contributed by atoms with Crippen molar-refractivity contribution < 1.29 is 13.2 Å². The molecule has 0 heterocycles. The van der Waals surface area contributed by atoms with Crippen LogP contribution in [0.3, 0.4) is 0 Å². The van der Waals surface area contributed by atoms with E-state index >= 15 is 0 Å². The Balaban J connectivity index is 2.82. The number of rotatable bonds is 7. The molecule has 1 aromatic carbocycles. The highest BCUT2D eigenvalue weighted by atomic mass is 32.2. The van der Waals surface area contributed by atoms with Crippen molar-refractivity contribution in [2.45, 2.75) is 26.7 Å². The van der Waals surface area contributed by atoms with E-state index in [1.54, 1.807) is 24.3 Å². The van der Waals surface area contributed by atoms with Gasteiger partial charge in [-0.15, -0.1) is 0 Å². The minimum atomic E-state index is -3.30. The third-order valence-electron chi connectivity index (χ3n) is 3.67. The van der Waals surface area contributed by atoms with E-state index in [-0.39, 0.29) is 5.91 Å². The molecule has 0 saturated carbocycles. The number of nitrogens with one attached hydrogen (secondary N) is 2. The summed E-state index contributed by atoms with van der Waals surface area (Å²) in [6.45, 7) is 4.17. The summed E-state index contributed by atoms with van der Waals surface area (Å²) in [7, 11) is -3.30. The van der Waals surface area contributed by atoms with E-state index in [2.05, 4.69) is 10.0 Å². The zero-order chi connectivity index (χ0) is 16.1. The second-order valence-corrected chi connectivity index (χ2v) is 6.85. The van der Waals surface area contributed by atoms with Crippen LogP contribution in [0, 0.1) is 5.41 Å². The summed E-state index contributed by atoms with van der Waals surface area (Å²) in [5.74, 6) is -0.112. The van der Waals surface area contributed by atoms with Crippen molar-refractivity contribution in [1.82, 2.24) is 0 Å². The number of hydrogen-bond acceptors (Lipinski definition) is 4. The van der Waals surface area contributed by atoms with Crippen LogP contribution < -0.4 is 15.8 Å². The standard InChI is InChI=1S/C14H23N3O3S/c1-4-14(5-2,10-15)13(18)16-11-6-8-12(9-7-11)17-21(3,19)20/h6-9,17H,4-5,10,15H2,1-3H3,(H,16,18). The van der Waals surface area contributed by atoms with Crippen LogP contribution in [-0.2, 0) is 14.8 Å². The summed E-state index contributed by atoms with van der Waals surface area (Å²) in [5.41, 5.74) is 6.23. The van der Waals surface area contributed by atoms with E-state index < -0.39 is 15.4 Å². The van der Waals surface area contributed by atoms with E-state index in [1.807, 2.05) is 13.8 Å². The topological polar surface area (TPSA) is 101 Å². The van der Waals surface area contributed by atoms with Crippen LogP contribution in [0.4, 0.5) is 11.4 Å². The average molecular weight is 313 g/mol. The summed E-state index contributed by atoms with van der Waals surface area (Å²) in [6.07, 6.45) is 2.42. The summed E-state index contributed by atoms with van der Waals surface area (Å²) in [5, 5.41) is 2.83. The van der Waals surface area contributed by atoms with E-state index in [9.17, 15) is 13.2 Å². The molecule has 1 aromatic rings. The van der Waals surface area contributed by atoms with Crippen LogP contribution in [0.15, 0.2) is 24.3 Å². The van der Waals surface area contributed by atoms with Crippen LogP contribution in [0.1, 0.15) is 26.7 Å². The van der Waals surface area contributed by atoms with Crippen molar-refractivity contribution in [3.05, 3.63) is 24.3 Å². The number of sulfonamides is 1. The number of benzene rings is 1. The van der Waals surface area contributed by atoms with Gasteiger partial charge in [-0.25, -0.2) is 8.42 Å². The first-order valence-electron chi connectivity index (χ1n) is 6.85. The maximum Gasteiger partial charge on any atom is 0.231 e. The predicted molar refractivity (Wildman–Crippen MR) is 85.6 cm³/mol. The molecular weight excluding hydrogens is 290 g/mol. The van der Waals surface area contributed by atoms with E-state index in [4.69, 9.17) is 5.73 Å². The summed E-state index contributed by atoms with van der Waals surface area (Å²) >= 11 is 0. The first kappa shape index (κ1) is 17.5. The number of carbonyl (C=O) groups is 1. The molecule has 21 heavy (non-hydrogen) atoms. The van der Waals surface area contributed by atoms with Gasteiger partial charge in [0.15, 0.2) is 0 Å². The van der Waals surface area contributed by atoms with Gasteiger partial charge in [-0.3, -0.25) is 9.52 Å². The van der Waals surface area contributed by atoms with Crippen molar-refractivity contribution in [2.75, 3.05) is 22.8 Å². The highest BCUT2D eigenvalue weighted by Gasteiger charge is 2.33. The van der Waals surface area contributed by atoms with Gasteiger partial charge >= 0.3 is 0 Å². The van der Waals surface area contributed by atoms with Gasteiger partial charge < -0.3 is 11.1 Å². The lowest BCUT2D eigenvalue weighted by molar-refractivity contribution is -0.125. The largest absolute Gasteiger partial charge is 0.329 e. The SMILES string of the molecule is CCC(CC)(CN)C(=O)Nc1ccc(NS(C)(=O)=O)cc1. The number of anilines is 2. The van der Waals surface area contributed by atoms with Crippen LogP contribution in [0.25, 0.3) is 0 Å². The van der Waals surface area contributed by atoms with E-state index in [0.29, 0.717) is 30.8 Å². The Hall–Kier alpha value is -1.60. The van der Waals surface area contributed by atoms with Crippen molar-refractivity contribution in [3.8, 4) is 0 Å². The van der Waals surface area contributed by atoms with Crippen molar-refractivity contribution >= 4 is 27.3 Å². The maximum atomic E-state index is 12.3. The fourth-order valence-corrected chi connectivity index (χ4v) is 2.62.